The quantitative estimate of drug-likeness (QED) is 0.207. The van der Waals surface area contributed by atoms with Gasteiger partial charge in [-0.05, 0) is 92.5 Å². The predicted molar refractivity (Wildman–Crippen MR) is 169 cm³/mol. The minimum Gasteiger partial charge on any atom is -0.453 e. The smallest absolute Gasteiger partial charge is 0.151 e. The van der Waals surface area contributed by atoms with Crippen molar-refractivity contribution in [1.82, 2.24) is 0 Å². The van der Waals surface area contributed by atoms with Gasteiger partial charge in [-0.2, -0.15) is 10.5 Å². The lowest BCUT2D eigenvalue weighted by Crippen LogP contribution is -2.15. The first-order valence-corrected chi connectivity index (χ1v) is 13.7. The molecule has 0 saturated heterocycles. The van der Waals surface area contributed by atoms with Crippen molar-refractivity contribution < 1.29 is 4.74 Å². The summed E-state index contributed by atoms with van der Waals surface area (Å²) in [6.45, 7) is 0. The van der Waals surface area contributed by atoms with Gasteiger partial charge in [0.25, 0.3) is 0 Å². The van der Waals surface area contributed by atoms with Crippen molar-refractivity contribution in [2.45, 2.75) is 0 Å². The fourth-order valence-corrected chi connectivity index (χ4v) is 6.20. The molecule has 0 radical (unpaired) electrons. The lowest BCUT2D eigenvalue weighted by molar-refractivity contribution is 0.477. The van der Waals surface area contributed by atoms with E-state index in [4.69, 9.17) is 4.74 Å². The third-order valence-corrected chi connectivity index (χ3v) is 8.10. The third kappa shape index (κ3) is 3.53. The summed E-state index contributed by atoms with van der Waals surface area (Å²) >= 11 is 0. The van der Waals surface area contributed by atoms with Gasteiger partial charge in [-0.3, -0.25) is 0 Å². The molecule has 0 bridgehead atoms. The van der Waals surface area contributed by atoms with Gasteiger partial charge in [0.15, 0.2) is 11.5 Å². The number of ether oxygens (including phenoxy) is 1. The zero-order chi connectivity index (χ0) is 28.2. The van der Waals surface area contributed by atoms with E-state index in [0.717, 1.165) is 55.7 Å². The molecule has 8 rings (SSSR count). The summed E-state index contributed by atoms with van der Waals surface area (Å²) in [7, 11) is 0. The molecule has 194 valence electrons. The van der Waals surface area contributed by atoms with Crippen molar-refractivity contribution in [3.05, 3.63) is 139 Å². The number of fused-ring (bicyclic) bond motifs is 7. The minimum atomic E-state index is 0.501. The molecule has 0 amide bonds. The van der Waals surface area contributed by atoms with E-state index in [-0.39, 0.29) is 0 Å². The highest BCUT2D eigenvalue weighted by Crippen LogP contribution is 2.50. The van der Waals surface area contributed by atoms with E-state index < -0.39 is 0 Å². The molecule has 0 unspecified atom stereocenters. The van der Waals surface area contributed by atoms with Gasteiger partial charge in [-0.15, -0.1) is 0 Å². The molecule has 1 aliphatic heterocycles. The van der Waals surface area contributed by atoms with Crippen LogP contribution >= 0.6 is 0 Å². The van der Waals surface area contributed by atoms with Crippen LogP contribution in [0.25, 0.3) is 43.4 Å². The fourth-order valence-electron chi connectivity index (χ4n) is 6.20. The maximum atomic E-state index is 9.69. The van der Waals surface area contributed by atoms with Crippen LogP contribution in [0.15, 0.2) is 127 Å². The Bertz CT molecular complexity index is 2250. The number of hydrogen-bond acceptors (Lipinski definition) is 4. The number of para-hydroxylation sites is 4. The zero-order valence-corrected chi connectivity index (χ0v) is 22.4. The standard InChI is InChI=1S/C38H21N3O/c39-22-27-6-5-7-28(23-40)38(27)26-14-16-30-24(20-26)12-17-33-31-19-15-29(21-25(31)13-18-32(30)33)41-34-8-1-3-10-36(34)42-37-11-4-2-9-35(37)41/h1-21H. The van der Waals surface area contributed by atoms with E-state index in [0.29, 0.717) is 16.7 Å². The van der Waals surface area contributed by atoms with Gasteiger partial charge >= 0.3 is 0 Å². The molecular weight excluding hydrogens is 514 g/mol. The number of anilines is 3. The molecule has 0 spiro atoms. The predicted octanol–water partition coefficient (Wildman–Crippen LogP) is 10.1. The first-order chi connectivity index (χ1) is 20.7. The van der Waals surface area contributed by atoms with Crippen molar-refractivity contribution in [2.24, 2.45) is 0 Å². The van der Waals surface area contributed by atoms with Crippen LogP contribution in [0.5, 0.6) is 11.5 Å². The van der Waals surface area contributed by atoms with E-state index in [2.05, 4.69) is 83.8 Å². The van der Waals surface area contributed by atoms with Gasteiger partial charge in [-0.25, -0.2) is 0 Å². The molecule has 0 aliphatic carbocycles. The summed E-state index contributed by atoms with van der Waals surface area (Å²) in [4.78, 5) is 2.26. The Balaban J connectivity index is 1.27. The Morgan fingerprint density at radius 2 is 1.05 bits per heavy atom. The second kappa shape index (κ2) is 9.24. The number of nitriles is 2. The number of hydrogen-bond donors (Lipinski definition) is 0. The van der Waals surface area contributed by atoms with Crippen LogP contribution < -0.4 is 9.64 Å². The molecule has 0 fully saturated rings. The van der Waals surface area contributed by atoms with Gasteiger partial charge in [0.05, 0.1) is 34.6 Å². The van der Waals surface area contributed by atoms with Crippen LogP contribution in [0.4, 0.5) is 17.1 Å². The van der Waals surface area contributed by atoms with Gasteiger partial charge < -0.3 is 9.64 Å². The second-order valence-corrected chi connectivity index (χ2v) is 10.4. The fraction of sp³-hybridized carbons (Fsp3) is 0. The van der Waals surface area contributed by atoms with Crippen molar-refractivity contribution in [2.75, 3.05) is 4.90 Å². The SMILES string of the molecule is N#Cc1cccc(C#N)c1-c1ccc2c(ccc3c4ccc(N5c6ccccc6Oc6ccccc65)cc4ccc23)c1. The monoisotopic (exact) mass is 535 g/mol. The van der Waals surface area contributed by atoms with E-state index in [1.54, 1.807) is 18.2 Å². The molecule has 7 aromatic carbocycles. The Hall–Kier alpha value is -6.10. The van der Waals surface area contributed by atoms with Crippen LogP contribution in [0, 0.1) is 22.7 Å². The summed E-state index contributed by atoms with van der Waals surface area (Å²) in [5, 5.41) is 26.2. The summed E-state index contributed by atoms with van der Waals surface area (Å²) in [6.07, 6.45) is 0. The van der Waals surface area contributed by atoms with Gasteiger partial charge in [0.2, 0.25) is 0 Å². The first kappa shape index (κ1) is 23.8. The van der Waals surface area contributed by atoms with Crippen LogP contribution in [-0.4, -0.2) is 0 Å². The van der Waals surface area contributed by atoms with Crippen molar-refractivity contribution >= 4 is 49.4 Å². The molecule has 0 aromatic heterocycles. The van der Waals surface area contributed by atoms with Gasteiger partial charge in [0.1, 0.15) is 0 Å². The highest BCUT2D eigenvalue weighted by atomic mass is 16.5. The van der Waals surface area contributed by atoms with Gasteiger partial charge in [0, 0.05) is 11.3 Å². The molecule has 0 saturated carbocycles. The molecule has 42 heavy (non-hydrogen) atoms. The highest BCUT2D eigenvalue weighted by Gasteiger charge is 2.25. The van der Waals surface area contributed by atoms with Crippen LogP contribution in [0.1, 0.15) is 11.1 Å². The maximum absolute atomic E-state index is 9.69. The zero-order valence-electron chi connectivity index (χ0n) is 22.4. The van der Waals surface area contributed by atoms with Crippen LogP contribution in [0.2, 0.25) is 0 Å². The van der Waals surface area contributed by atoms with Crippen molar-refractivity contribution in [3.63, 3.8) is 0 Å². The van der Waals surface area contributed by atoms with E-state index >= 15 is 0 Å². The average molecular weight is 536 g/mol. The molecule has 0 atom stereocenters. The largest absolute Gasteiger partial charge is 0.453 e. The minimum absolute atomic E-state index is 0.501. The van der Waals surface area contributed by atoms with Gasteiger partial charge in [-0.1, -0.05) is 72.8 Å². The summed E-state index contributed by atoms with van der Waals surface area (Å²) < 4.78 is 6.20. The summed E-state index contributed by atoms with van der Waals surface area (Å²) in [6, 6.07) is 47.5. The van der Waals surface area contributed by atoms with Crippen molar-refractivity contribution in [1.29, 1.82) is 10.5 Å². The topological polar surface area (TPSA) is 60.0 Å². The normalized spacial score (nSPS) is 11.9. The average Bonchev–Trinajstić information content (AvgIpc) is 3.05. The lowest BCUT2D eigenvalue weighted by atomic mass is 9.91. The summed E-state index contributed by atoms with van der Waals surface area (Å²) in [5.41, 5.74) is 5.64. The first-order valence-electron chi connectivity index (χ1n) is 13.7. The summed E-state index contributed by atoms with van der Waals surface area (Å²) in [5.74, 6) is 1.67. The van der Waals surface area contributed by atoms with Crippen LogP contribution in [0.3, 0.4) is 0 Å². The Kier molecular flexibility index (Phi) is 5.22. The molecule has 0 N–H and O–H groups in total. The molecule has 4 heteroatoms. The third-order valence-electron chi connectivity index (χ3n) is 8.10. The van der Waals surface area contributed by atoms with Crippen LogP contribution in [-0.2, 0) is 0 Å². The molecule has 4 nitrogen and oxygen atoms in total. The Morgan fingerprint density at radius 1 is 0.500 bits per heavy atom. The number of benzene rings is 7. The van der Waals surface area contributed by atoms with E-state index in [1.807, 2.05) is 42.5 Å². The maximum Gasteiger partial charge on any atom is 0.151 e. The molecule has 1 aliphatic rings. The van der Waals surface area contributed by atoms with E-state index in [9.17, 15) is 10.5 Å². The number of nitrogens with zero attached hydrogens (tertiary/aromatic N) is 3. The van der Waals surface area contributed by atoms with Crippen molar-refractivity contribution in [3.8, 4) is 34.8 Å². The molecule has 1 heterocycles. The molecular formula is C38H21N3O. The second-order valence-electron chi connectivity index (χ2n) is 10.4. The highest BCUT2D eigenvalue weighted by molar-refractivity contribution is 6.18. The number of rotatable bonds is 2. The lowest BCUT2D eigenvalue weighted by Gasteiger charge is -2.32. The Labute approximate surface area is 242 Å². The molecule has 7 aromatic rings. The van der Waals surface area contributed by atoms with E-state index in [1.165, 1.54) is 10.8 Å². The Morgan fingerprint density at radius 3 is 1.67 bits per heavy atom.